The highest BCUT2D eigenvalue weighted by Crippen LogP contribution is 2.32. The van der Waals surface area contributed by atoms with Crippen LogP contribution in [0.25, 0.3) is 11.0 Å². The third-order valence-electron chi connectivity index (χ3n) is 4.31. The first-order valence-electron chi connectivity index (χ1n) is 7.39. The van der Waals surface area contributed by atoms with E-state index in [1.165, 1.54) is 25.7 Å². The molecule has 0 unspecified atom stereocenters. The Balaban J connectivity index is 2.17. The van der Waals surface area contributed by atoms with Crippen molar-refractivity contribution in [3.05, 3.63) is 29.6 Å². The van der Waals surface area contributed by atoms with Gasteiger partial charge in [-0.25, -0.2) is 9.78 Å². The number of carboxylic acids is 1. The van der Waals surface area contributed by atoms with Crippen LogP contribution in [-0.2, 0) is 0 Å². The number of nitrogens with zero attached hydrogens (tertiary/aromatic N) is 2. The standard InChI is InChI=1S/C16H20N2O2/c1-11-17-14-10-6-9-13(16(19)20)15(14)18(11)12-7-4-2-3-5-8-12/h6,9-10,12H,2-5,7-8H2,1H3,(H,19,20). The van der Waals surface area contributed by atoms with E-state index in [9.17, 15) is 9.90 Å². The van der Waals surface area contributed by atoms with Crippen LogP contribution in [-0.4, -0.2) is 20.6 Å². The zero-order valence-electron chi connectivity index (χ0n) is 11.8. The number of para-hydroxylation sites is 1. The molecular weight excluding hydrogens is 252 g/mol. The summed E-state index contributed by atoms with van der Waals surface area (Å²) in [6.45, 7) is 1.98. The van der Waals surface area contributed by atoms with Gasteiger partial charge in [0.25, 0.3) is 0 Å². The Hall–Kier alpha value is -1.84. The van der Waals surface area contributed by atoms with Crippen LogP contribution in [0.4, 0.5) is 0 Å². The summed E-state index contributed by atoms with van der Waals surface area (Å²) in [6.07, 6.45) is 7.26. The smallest absolute Gasteiger partial charge is 0.337 e. The molecule has 3 rings (SSSR count). The van der Waals surface area contributed by atoms with Crippen molar-refractivity contribution in [1.82, 2.24) is 9.55 Å². The fraction of sp³-hybridized carbons (Fsp3) is 0.500. The molecule has 0 amide bonds. The summed E-state index contributed by atoms with van der Waals surface area (Å²) < 4.78 is 2.17. The molecule has 1 aromatic heterocycles. The number of imidazole rings is 1. The van der Waals surface area contributed by atoms with Crippen LogP contribution in [0.2, 0.25) is 0 Å². The summed E-state index contributed by atoms with van der Waals surface area (Å²) in [4.78, 5) is 16.0. The normalized spacial score (nSPS) is 17.2. The van der Waals surface area contributed by atoms with Gasteiger partial charge >= 0.3 is 5.97 Å². The third kappa shape index (κ3) is 2.19. The monoisotopic (exact) mass is 272 g/mol. The number of carbonyl (C=O) groups is 1. The third-order valence-corrected chi connectivity index (χ3v) is 4.31. The first-order chi connectivity index (χ1) is 9.68. The predicted molar refractivity (Wildman–Crippen MR) is 78.2 cm³/mol. The summed E-state index contributed by atoms with van der Waals surface area (Å²) in [6, 6.07) is 5.75. The van der Waals surface area contributed by atoms with Gasteiger partial charge in [-0.15, -0.1) is 0 Å². The highest BCUT2D eigenvalue weighted by Gasteiger charge is 2.22. The van der Waals surface area contributed by atoms with Crippen LogP contribution in [0, 0.1) is 6.92 Å². The van der Waals surface area contributed by atoms with Crippen LogP contribution < -0.4 is 0 Å². The van der Waals surface area contributed by atoms with Gasteiger partial charge in [0.2, 0.25) is 0 Å². The number of aryl methyl sites for hydroxylation is 1. The number of hydrogen-bond donors (Lipinski definition) is 1. The second kappa shape index (κ2) is 5.27. The number of benzene rings is 1. The van der Waals surface area contributed by atoms with E-state index in [0.29, 0.717) is 11.6 Å². The number of aromatic carboxylic acids is 1. The number of hydrogen-bond acceptors (Lipinski definition) is 2. The fourth-order valence-corrected chi connectivity index (χ4v) is 3.40. The van der Waals surface area contributed by atoms with E-state index < -0.39 is 5.97 Å². The van der Waals surface area contributed by atoms with Gasteiger partial charge in [-0.05, 0) is 31.9 Å². The summed E-state index contributed by atoms with van der Waals surface area (Å²) >= 11 is 0. The van der Waals surface area contributed by atoms with Crippen LogP contribution >= 0.6 is 0 Å². The quantitative estimate of drug-likeness (QED) is 0.842. The average Bonchev–Trinajstić information content (AvgIpc) is 2.62. The van der Waals surface area contributed by atoms with Crippen molar-refractivity contribution in [1.29, 1.82) is 0 Å². The van der Waals surface area contributed by atoms with E-state index in [2.05, 4.69) is 9.55 Å². The highest BCUT2D eigenvalue weighted by atomic mass is 16.4. The first-order valence-corrected chi connectivity index (χ1v) is 7.39. The summed E-state index contributed by atoms with van der Waals surface area (Å²) in [7, 11) is 0. The van der Waals surface area contributed by atoms with Crippen molar-refractivity contribution in [2.45, 2.75) is 51.5 Å². The molecule has 1 N–H and O–H groups in total. The van der Waals surface area contributed by atoms with Gasteiger partial charge in [-0.3, -0.25) is 0 Å². The van der Waals surface area contributed by atoms with Crippen molar-refractivity contribution in [3.63, 3.8) is 0 Å². The van der Waals surface area contributed by atoms with E-state index in [1.54, 1.807) is 12.1 Å². The molecule has 1 aromatic carbocycles. The first kappa shape index (κ1) is 13.2. The fourth-order valence-electron chi connectivity index (χ4n) is 3.40. The lowest BCUT2D eigenvalue weighted by atomic mass is 10.1. The average molecular weight is 272 g/mol. The van der Waals surface area contributed by atoms with Crippen LogP contribution in [0.1, 0.15) is 60.7 Å². The number of fused-ring (bicyclic) bond motifs is 1. The Morgan fingerprint density at radius 2 is 1.95 bits per heavy atom. The SMILES string of the molecule is Cc1nc2cccc(C(=O)O)c2n1C1CCCCCC1. The summed E-state index contributed by atoms with van der Waals surface area (Å²) in [5.41, 5.74) is 1.96. The van der Waals surface area contributed by atoms with Crippen molar-refractivity contribution in [3.8, 4) is 0 Å². The molecule has 1 heterocycles. The lowest BCUT2D eigenvalue weighted by Crippen LogP contribution is -2.12. The van der Waals surface area contributed by atoms with Gasteiger partial charge in [0.05, 0.1) is 16.6 Å². The van der Waals surface area contributed by atoms with Crippen LogP contribution in [0.15, 0.2) is 18.2 Å². The van der Waals surface area contributed by atoms with Gasteiger partial charge in [0, 0.05) is 6.04 Å². The molecule has 1 aliphatic rings. The predicted octanol–water partition coefficient (Wildman–Crippen LogP) is 3.94. The molecular formula is C16H20N2O2. The van der Waals surface area contributed by atoms with Gasteiger partial charge in [-0.1, -0.05) is 31.7 Å². The largest absolute Gasteiger partial charge is 0.478 e. The van der Waals surface area contributed by atoms with E-state index >= 15 is 0 Å². The maximum Gasteiger partial charge on any atom is 0.337 e. The molecule has 0 saturated heterocycles. The Labute approximate surface area is 118 Å². The lowest BCUT2D eigenvalue weighted by molar-refractivity contribution is 0.0698. The molecule has 4 heteroatoms. The highest BCUT2D eigenvalue weighted by molar-refractivity contribution is 6.01. The molecule has 2 aromatic rings. The second-order valence-corrected chi connectivity index (χ2v) is 5.65. The molecule has 20 heavy (non-hydrogen) atoms. The Bertz CT molecular complexity index is 637. The van der Waals surface area contributed by atoms with E-state index in [-0.39, 0.29) is 0 Å². The molecule has 1 aliphatic carbocycles. The van der Waals surface area contributed by atoms with Crippen LogP contribution in [0.3, 0.4) is 0 Å². The van der Waals surface area contributed by atoms with Crippen molar-refractivity contribution in [2.75, 3.05) is 0 Å². The van der Waals surface area contributed by atoms with Crippen molar-refractivity contribution in [2.24, 2.45) is 0 Å². The zero-order chi connectivity index (χ0) is 14.1. The van der Waals surface area contributed by atoms with Gasteiger partial charge in [0.15, 0.2) is 0 Å². The molecule has 0 spiro atoms. The molecule has 106 valence electrons. The minimum absolute atomic E-state index is 0.368. The van der Waals surface area contributed by atoms with E-state index in [4.69, 9.17) is 0 Å². The van der Waals surface area contributed by atoms with Gasteiger partial charge < -0.3 is 9.67 Å². The maximum absolute atomic E-state index is 11.5. The molecule has 0 radical (unpaired) electrons. The molecule has 0 aliphatic heterocycles. The number of aromatic nitrogens is 2. The molecule has 1 fully saturated rings. The summed E-state index contributed by atoms with van der Waals surface area (Å²) in [5, 5.41) is 9.43. The topological polar surface area (TPSA) is 55.1 Å². The van der Waals surface area contributed by atoms with Crippen molar-refractivity contribution >= 4 is 17.0 Å². The van der Waals surface area contributed by atoms with E-state index in [0.717, 1.165) is 29.7 Å². The van der Waals surface area contributed by atoms with Gasteiger partial charge in [-0.2, -0.15) is 0 Å². The van der Waals surface area contributed by atoms with E-state index in [1.807, 2.05) is 13.0 Å². The molecule has 4 nitrogen and oxygen atoms in total. The number of carboxylic acid groups (broad SMARTS) is 1. The Morgan fingerprint density at radius 3 is 2.60 bits per heavy atom. The minimum Gasteiger partial charge on any atom is -0.478 e. The minimum atomic E-state index is -0.870. The Morgan fingerprint density at radius 1 is 1.25 bits per heavy atom. The van der Waals surface area contributed by atoms with Crippen molar-refractivity contribution < 1.29 is 9.90 Å². The van der Waals surface area contributed by atoms with Crippen LogP contribution in [0.5, 0.6) is 0 Å². The maximum atomic E-state index is 11.5. The Kier molecular flexibility index (Phi) is 3.47. The lowest BCUT2D eigenvalue weighted by Gasteiger charge is -2.19. The molecule has 0 bridgehead atoms. The summed E-state index contributed by atoms with van der Waals surface area (Å²) in [5.74, 6) is 0.0611. The second-order valence-electron chi connectivity index (χ2n) is 5.65. The molecule has 1 saturated carbocycles. The van der Waals surface area contributed by atoms with Gasteiger partial charge in [0.1, 0.15) is 5.82 Å². The zero-order valence-corrected chi connectivity index (χ0v) is 11.8. The molecule has 0 atom stereocenters. The number of rotatable bonds is 2.